The Labute approximate surface area is 149 Å². The Morgan fingerprint density at radius 2 is 1.72 bits per heavy atom. The maximum atomic E-state index is 12.2. The molecular formula is C21H27N2O2+. The molecule has 25 heavy (non-hydrogen) atoms. The lowest BCUT2D eigenvalue weighted by Gasteiger charge is -2.12. The Morgan fingerprint density at radius 3 is 2.44 bits per heavy atom. The van der Waals surface area contributed by atoms with Gasteiger partial charge in [0, 0.05) is 30.5 Å². The van der Waals surface area contributed by atoms with Crippen LogP contribution in [0.1, 0.15) is 29.5 Å². The van der Waals surface area contributed by atoms with Gasteiger partial charge in [0.05, 0.1) is 26.6 Å². The first-order chi connectivity index (χ1) is 12.2. The number of para-hydroxylation sites is 1. The molecule has 0 saturated carbocycles. The number of quaternary nitrogens is 1. The molecule has 1 saturated heterocycles. The van der Waals surface area contributed by atoms with Gasteiger partial charge in [-0.05, 0) is 11.6 Å². The smallest absolute Gasteiger partial charge is 0.224 e. The van der Waals surface area contributed by atoms with Gasteiger partial charge in [-0.1, -0.05) is 42.5 Å². The molecule has 4 nitrogen and oxygen atoms in total. The van der Waals surface area contributed by atoms with E-state index < -0.39 is 0 Å². The van der Waals surface area contributed by atoms with Crippen molar-refractivity contribution in [2.75, 3.05) is 20.2 Å². The minimum atomic E-state index is 0.00934. The van der Waals surface area contributed by atoms with E-state index >= 15 is 0 Å². The summed E-state index contributed by atoms with van der Waals surface area (Å²) < 4.78 is 5.29. The first-order valence-electron chi connectivity index (χ1n) is 9.04. The van der Waals surface area contributed by atoms with Gasteiger partial charge in [0.25, 0.3) is 0 Å². The van der Waals surface area contributed by atoms with E-state index in [1.165, 1.54) is 31.5 Å². The molecule has 0 atom stereocenters. The van der Waals surface area contributed by atoms with E-state index in [1.807, 2.05) is 24.3 Å². The predicted octanol–water partition coefficient (Wildman–Crippen LogP) is 1.73. The van der Waals surface area contributed by atoms with Crippen molar-refractivity contribution >= 4 is 5.91 Å². The zero-order valence-electron chi connectivity index (χ0n) is 14.9. The number of hydrogen-bond acceptors (Lipinski definition) is 2. The van der Waals surface area contributed by atoms with Crippen molar-refractivity contribution in [3.63, 3.8) is 0 Å². The molecule has 2 aromatic rings. The Bertz CT molecular complexity index is 691. The minimum Gasteiger partial charge on any atom is -0.496 e. The van der Waals surface area contributed by atoms with Crippen molar-refractivity contribution in [3.8, 4) is 5.75 Å². The number of methoxy groups -OCH3 is 1. The molecule has 1 heterocycles. The summed E-state index contributed by atoms with van der Waals surface area (Å²) in [6.07, 6.45) is 3.04. The minimum absolute atomic E-state index is 0.00934. The topological polar surface area (TPSA) is 42.8 Å². The fraction of sp³-hybridized carbons (Fsp3) is 0.381. The average molecular weight is 339 g/mol. The number of ether oxygens (including phenoxy) is 1. The van der Waals surface area contributed by atoms with Gasteiger partial charge in [-0.3, -0.25) is 4.79 Å². The maximum Gasteiger partial charge on any atom is 0.224 e. The van der Waals surface area contributed by atoms with Crippen molar-refractivity contribution in [1.29, 1.82) is 0 Å². The van der Waals surface area contributed by atoms with Gasteiger partial charge < -0.3 is 15.0 Å². The average Bonchev–Trinajstić information content (AvgIpc) is 3.15. The number of nitrogens with one attached hydrogen (secondary N) is 2. The molecule has 3 rings (SSSR count). The quantitative estimate of drug-likeness (QED) is 0.807. The summed E-state index contributed by atoms with van der Waals surface area (Å²) in [7, 11) is 1.63. The summed E-state index contributed by atoms with van der Waals surface area (Å²) in [4.78, 5) is 13.9. The largest absolute Gasteiger partial charge is 0.496 e. The lowest BCUT2D eigenvalue weighted by Crippen LogP contribution is -3.08. The van der Waals surface area contributed by atoms with Gasteiger partial charge in [0.1, 0.15) is 12.3 Å². The third-order valence-electron chi connectivity index (χ3n) is 4.82. The van der Waals surface area contributed by atoms with Crippen molar-refractivity contribution in [2.24, 2.45) is 0 Å². The third kappa shape index (κ3) is 5.07. The highest BCUT2D eigenvalue weighted by molar-refractivity contribution is 5.79. The third-order valence-corrected chi connectivity index (χ3v) is 4.82. The van der Waals surface area contributed by atoms with Gasteiger partial charge in [0.15, 0.2) is 0 Å². The first-order valence-corrected chi connectivity index (χ1v) is 9.04. The van der Waals surface area contributed by atoms with E-state index in [4.69, 9.17) is 4.74 Å². The van der Waals surface area contributed by atoms with Crippen LogP contribution in [0.3, 0.4) is 0 Å². The Morgan fingerprint density at radius 1 is 1.04 bits per heavy atom. The predicted molar refractivity (Wildman–Crippen MR) is 98.6 cm³/mol. The standard InChI is InChI=1S/C21H26N2O2/c1-25-20-7-3-2-6-19(20)14-21(24)22-15-17-8-10-18(11-9-17)16-23-12-4-5-13-23/h2-3,6-11H,4-5,12-16H2,1H3,(H,22,24)/p+1. The zero-order chi connectivity index (χ0) is 17.5. The van der Waals surface area contributed by atoms with E-state index in [-0.39, 0.29) is 5.91 Å². The van der Waals surface area contributed by atoms with Crippen LogP contribution in [0, 0.1) is 0 Å². The number of carbonyl (C=O) groups is 1. The van der Waals surface area contributed by atoms with Crippen LogP contribution in [0.25, 0.3) is 0 Å². The molecule has 2 aromatic carbocycles. The van der Waals surface area contributed by atoms with E-state index in [1.54, 1.807) is 12.0 Å². The number of carbonyl (C=O) groups excluding carboxylic acids is 1. The second-order valence-electron chi connectivity index (χ2n) is 6.72. The molecule has 0 radical (unpaired) electrons. The Kier molecular flexibility index (Phi) is 6.07. The second kappa shape index (κ2) is 8.67. The molecule has 4 heteroatoms. The molecule has 0 aromatic heterocycles. The molecule has 0 aliphatic carbocycles. The fourth-order valence-corrected chi connectivity index (χ4v) is 3.40. The van der Waals surface area contributed by atoms with Crippen LogP contribution in [0.15, 0.2) is 48.5 Å². The number of amides is 1. The van der Waals surface area contributed by atoms with Gasteiger partial charge in [-0.25, -0.2) is 0 Å². The van der Waals surface area contributed by atoms with Crippen LogP contribution >= 0.6 is 0 Å². The van der Waals surface area contributed by atoms with Gasteiger partial charge in [0.2, 0.25) is 5.91 Å². The molecule has 0 bridgehead atoms. The van der Waals surface area contributed by atoms with Gasteiger partial charge >= 0.3 is 0 Å². The first kappa shape index (κ1) is 17.5. The molecule has 0 spiro atoms. The summed E-state index contributed by atoms with van der Waals surface area (Å²) in [5, 5.41) is 2.99. The normalized spacial score (nSPS) is 14.4. The van der Waals surface area contributed by atoms with E-state index in [0.717, 1.165) is 23.4 Å². The molecule has 1 aliphatic rings. The van der Waals surface area contributed by atoms with E-state index in [9.17, 15) is 4.79 Å². The molecular weight excluding hydrogens is 312 g/mol. The maximum absolute atomic E-state index is 12.2. The SMILES string of the molecule is COc1ccccc1CC(=O)NCc1ccc(C[NH+]2CCCC2)cc1. The molecule has 1 amide bonds. The number of likely N-dealkylation sites (tertiary alicyclic amines) is 1. The summed E-state index contributed by atoms with van der Waals surface area (Å²) in [6, 6.07) is 16.2. The van der Waals surface area contributed by atoms with Crippen LogP contribution in [0.5, 0.6) is 5.75 Å². The van der Waals surface area contributed by atoms with Crippen LogP contribution in [-0.4, -0.2) is 26.1 Å². The Hall–Kier alpha value is -2.33. The molecule has 0 unspecified atom stereocenters. The summed E-state index contributed by atoms with van der Waals surface area (Å²) in [5.41, 5.74) is 3.42. The van der Waals surface area contributed by atoms with Crippen molar-refractivity contribution in [1.82, 2.24) is 5.32 Å². The number of hydrogen-bond donors (Lipinski definition) is 2. The highest BCUT2D eigenvalue weighted by Gasteiger charge is 2.15. The van der Waals surface area contributed by atoms with Crippen LogP contribution in [0.4, 0.5) is 0 Å². The number of benzene rings is 2. The van der Waals surface area contributed by atoms with Gasteiger partial charge in [-0.15, -0.1) is 0 Å². The highest BCUT2D eigenvalue weighted by atomic mass is 16.5. The summed E-state index contributed by atoms with van der Waals surface area (Å²) in [5.74, 6) is 0.765. The number of rotatable bonds is 7. The fourth-order valence-electron chi connectivity index (χ4n) is 3.40. The zero-order valence-corrected chi connectivity index (χ0v) is 14.9. The van der Waals surface area contributed by atoms with E-state index in [2.05, 4.69) is 29.6 Å². The lowest BCUT2D eigenvalue weighted by molar-refractivity contribution is -0.901. The second-order valence-corrected chi connectivity index (χ2v) is 6.72. The molecule has 1 fully saturated rings. The summed E-state index contributed by atoms with van der Waals surface area (Å²) in [6.45, 7) is 4.26. The highest BCUT2D eigenvalue weighted by Crippen LogP contribution is 2.17. The molecule has 2 N–H and O–H groups in total. The summed E-state index contributed by atoms with van der Waals surface area (Å²) >= 11 is 0. The molecule has 132 valence electrons. The van der Waals surface area contributed by atoms with Crippen molar-refractivity contribution in [2.45, 2.75) is 32.4 Å². The van der Waals surface area contributed by atoms with Gasteiger partial charge in [-0.2, -0.15) is 0 Å². The van der Waals surface area contributed by atoms with Crippen LogP contribution in [0.2, 0.25) is 0 Å². The van der Waals surface area contributed by atoms with Crippen molar-refractivity contribution < 1.29 is 14.4 Å². The Balaban J connectivity index is 1.48. The van der Waals surface area contributed by atoms with Crippen LogP contribution in [-0.2, 0) is 24.3 Å². The monoisotopic (exact) mass is 339 g/mol. The lowest BCUT2D eigenvalue weighted by atomic mass is 10.1. The van der Waals surface area contributed by atoms with Crippen molar-refractivity contribution in [3.05, 3.63) is 65.2 Å². The van der Waals surface area contributed by atoms with Crippen LogP contribution < -0.4 is 15.0 Å². The molecule has 1 aliphatic heterocycles. The van der Waals surface area contributed by atoms with E-state index in [0.29, 0.717) is 13.0 Å².